The minimum Gasteiger partial charge on any atom is -0.435 e. The van der Waals surface area contributed by atoms with Gasteiger partial charge in [0.25, 0.3) is 0 Å². The summed E-state index contributed by atoms with van der Waals surface area (Å²) in [6, 6.07) is 9.34. The van der Waals surface area contributed by atoms with Crippen molar-refractivity contribution in [3.8, 4) is 5.75 Å². The van der Waals surface area contributed by atoms with Crippen LogP contribution >= 0.6 is 11.6 Å². The van der Waals surface area contributed by atoms with Crippen LogP contribution < -0.4 is 4.74 Å². The molecule has 0 bridgehead atoms. The van der Waals surface area contributed by atoms with E-state index in [-0.39, 0.29) is 34.1 Å². The Labute approximate surface area is 124 Å². The van der Waals surface area contributed by atoms with E-state index < -0.39 is 12.4 Å². The number of halogens is 4. The molecule has 0 aromatic heterocycles. The Kier molecular flexibility index (Phi) is 4.85. The number of alkyl halides is 2. The maximum absolute atomic E-state index is 13.6. The van der Waals surface area contributed by atoms with Gasteiger partial charge in [0.2, 0.25) is 0 Å². The van der Waals surface area contributed by atoms with Crippen molar-refractivity contribution >= 4 is 17.4 Å². The lowest BCUT2D eigenvalue weighted by molar-refractivity contribution is -0.0498. The number of hydrogen-bond acceptors (Lipinski definition) is 2. The Morgan fingerprint density at radius 2 is 1.81 bits per heavy atom. The third kappa shape index (κ3) is 3.98. The van der Waals surface area contributed by atoms with Crippen molar-refractivity contribution in [3.63, 3.8) is 0 Å². The third-order valence-corrected chi connectivity index (χ3v) is 3.15. The highest BCUT2D eigenvalue weighted by molar-refractivity contribution is 6.31. The van der Waals surface area contributed by atoms with E-state index in [0.717, 1.165) is 0 Å². The number of ketones is 1. The molecule has 0 fully saturated rings. The second-order valence-electron chi connectivity index (χ2n) is 4.20. The quantitative estimate of drug-likeness (QED) is 0.759. The topological polar surface area (TPSA) is 26.3 Å². The summed E-state index contributed by atoms with van der Waals surface area (Å²) in [7, 11) is 0. The van der Waals surface area contributed by atoms with Crippen molar-refractivity contribution in [2.45, 2.75) is 13.0 Å². The van der Waals surface area contributed by atoms with Gasteiger partial charge < -0.3 is 4.74 Å². The minimum atomic E-state index is -2.93. The molecule has 0 unspecified atom stereocenters. The van der Waals surface area contributed by atoms with Gasteiger partial charge in [-0.15, -0.1) is 0 Å². The van der Waals surface area contributed by atoms with E-state index in [1.54, 1.807) is 0 Å². The number of hydrogen-bond donors (Lipinski definition) is 0. The summed E-state index contributed by atoms with van der Waals surface area (Å²) in [5.41, 5.74) is 0.369. The zero-order valence-corrected chi connectivity index (χ0v) is 11.4. The molecule has 0 heterocycles. The lowest BCUT2D eigenvalue weighted by Gasteiger charge is -2.07. The van der Waals surface area contributed by atoms with Crippen LogP contribution in [0.15, 0.2) is 42.5 Å². The second-order valence-corrected chi connectivity index (χ2v) is 4.61. The highest BCUT2D eigenvalue weighted by Gasteiger charge is 2.14. The molecule has 0 saturated heterocycles. The van der Waals surface area contributed by atoms with Gasteiger partial charge in [-0.3, -0.25) is 4.79 Å². The highest BCUT2D eigenvalue weighted by Crippen LogP contribution is 2.22. The Balaban J connectivity index is 2.13. The summed E-state index contributed by atoms with van der Waals surface area (Å²) in [4.78, 5) is 12.0. The van der Waals surface area contributed by atoms with Crippen LogP contribution in [0.5, 0.6) is 5.75 Å². The second kappa shape index (κ2) is 6.63. The van der Waals surface area contributed by atoms with E-state index in [1.165, 1.54) is 42.5 Å². The molecule has 0 spiro atoms. The molecule has 0 atom stereocenters. The Morgan fingerprint density at radius 1 is 1.14 bits per heavy atom. The molecule has 2 aromatic carbocycles. The van der Waals surface area contributed by atoms with Crippen LogP contribution in [0, 0.1) is 5.82 Å². The predicted molar refractivity (Wildman–Crippen MR) is 72.5 cm³/mol. The fourth-order valence-corrected chi connectivity index (χ4v) is 2.02. The van der Waals surface area contributed by atoms with Crippen molar-refractivity contribution in [1.82, 2.24) is 0 Å². The maximum Gasteiger partial charge on any atom is 0.387 e. The first-order chi connectivity index (χ1) is 9.97. The highest BCUT2D eigenvalue weighted by atomic mass is 35.5. The molecule has 110 valence electrons. The molecule has 2 rings (SSSR count). The van der Waals surface area contributed by atoms with Crippen molar-refractivity contribution in [1.29, 1.82) is 0 Å². The van der Waals surface area contributed by atoms with E-state index >= 15 is 0 Å². The van der Waals surface area contributed by atoms with Gasteiger partial charge in [-0.25, -0.2) is 4.39 Å². The molecule has 0 aliphatic carbocycles. The van der Waals surface area contributed by atoms with Gasteiger partial charge in [0.05, 0.1) is 0 Å². The minimum absolute atomic E-state index is 0.0505. The molecule has 2 aromatic rings. The van der Waals surface area contributed by atoms with Crippen LogP contribution in [0.25, 0.3) is 0 Å². The number of benzene rings is 2. The first kappa shape index (κ1) is 15.4. The maximum atomic E-state index is 13.6. The van der Waals surface area contributed by atoms with E-state index in [2.05, 4.69) is 4.74 Å². The van der Waals surface area contributed by atoms with E-state index in [9.17, 15) is 18.0 Å². The molecular formula is C15H10ClF3O2. The molecule has 0 N–H and O–H groups in total. The molecular weight excluding hydrogens is 305 g/mol. The molecule has 0 aliphatic rings. The van der Waals surface area contributed by atoms with Crippen molar-refractivity contribution in [2.24, 2.45) is 0 Å². The smallest absolute Gasteiger partial charge is 0.387 e. The van der Waals surface area contributed by atoms with Crippen LogP contribution in [0.2, 0.25) is 5.02 Å². The molecule has 0 radical (unpaired) electrons. The number of carbonyl (C=O) groups excluding carboxylic acids is 1. The average Bonchev–Trinajstić information content (AvgIpc) is 2.43. The molecule has 2 nitrogen and oxygen atoms in total. The lowest BCUT2D eigenvalue weighted by atomic mass is 10.0. The van der Waals surface area contributed by atoms with Crippen LogP contribution in [0.1, 0.15) is 15.9 Å². The summed E-state index contributed by atoms with van der Waals surface area (Å²) in [5.74, 6) is -0.982. The first-order valence-corrected chi connectivity index (χ1v) is 6.36. The van der Waals surface area contributed by atoms with Crippen LogP contribution in [0.4, 0.5) is 13.2 Å². The zero-order chi connectivity index (χ0) is 15.4. The zero-order valence-electron chi connectivity index (χ0n) is 10.7. The van der Waals surface area contributed by atoms with Gasteiger partial charge in [0.1, 0.15) is 11.6 Å². The van der Waals surface area contributed by atoms with Crippen molar-refractivity contribution < 1.29 is 22.7 Å². The normalized spacial score (nSPS) is 10.7. The predicted octanol–water partition coefficient (Wildman–Crippen LogP) is 4.51. The standard InChI is InChI=1S/C15H10ClF3O2/c16-12-2-1-3-13(17)11(12)8-14(20)9-4-6-10(7-5-9)21-15(18)19/h1-7,15H,8H2. The summed E-state index contributed by atoms with van der Waals surface area (Å²) >= 11 is 5.85. The fourth-order valence-electron chi connectivity index (χ4n) is 1.79. The number of Topliss-reactive ketones (excluding diaryl/α,β-unsaturated/α-hetero) is 1. The number of rotatable bonds is 5. The van der Waals surface area contributed by atoms with Gasteiger partial charge in [0, 0.05) is 22.6 Å². The lowest BCUT2D eigenvalue weighted by Crippen LogP contribution is -2.06. The van der Waals surface area contributed by atoms with Gasteiger partial charge in [-0.05, 0) is 36.4 Å². The fraction of sp³-hybridized carbons (Fsp3) is 0.133. The van der Waals surface area contributed by atoms with Crippen molar-refractivity contribution in [3.05, 3.63) is 64.4 Å². The molecule has 6 heteroatoms. The molecule has 0 aliphatic heterocycles. The summed E-state index contributed by atoms with van der Waals surface area (Å²) in [6.45, 7) is -2.93. The van der Waals surface area contributed by atoms with Crippen LogP contribution in [-0.4, -0.2) is 12.4 Å². The Bertz CT molecular complexity index is 622. The van der Waals surface area contributed by atoms with Crippen LogP contribution in [0.3, 0.4) is 0 Å². The largest absolute Gasteiger partial charge is 0.435 e. The first-order valence-electron chi connectivity index (χ1n) is 5.98. The van der Waals surface area contributed by atoms with Crippen LogP contribution in [-0.2, 0) is 6.42 Å². The number of ether oxygens (including phenoxy) is 1. The summed E-state index contributed by atoms with van der Waals surface area (Å²) < 4.78 is 41.8. The summed E-state index contributed by atoms with van der Waals surface area (Å²) in [5, 5.41) is 0.168. The van der Waals surface area contributed by atoms with E-state index in [1.807, 2.05) is 0 Å². The average molecular weight is 315 g/mol. The SMILES string of the molecule is O=C(Cc1c(F)cccc1Cl)c1ccc(OC(F)F)cc1. The van der Waals surface area contributed by atoms with Crippen molar-refractivity contribution in [2.75, 3.05) is 0 Å². The van der Waals surface area contributed by atoms with Gasteiger partial charge in [-0.2, -0.15) is 8.78 Å². The van der Waals surface area contributed by atoms with Gasteiger partial charge in [-0.1, -0.05) is 17.7 Å². The Hall–Kier alpha value is -2.01. The van der Waals surface area contributed by atoms with E-state index in [0.29, 0.717) is 0 Å². The Morgan fingerprint density at radius 3 is 2.38 bits per heavy atom. The van der Waals surface area contributed by atoms with Gasteiger partial charge >= 0.3 is 6.61 Å². The van der Waals surface area contributed by atoms with E-state index in [4.69, 9.17) is 11.6 Å². The third-order valence-electron chi connectivity index (χ3n) is 2.80. The molecule has 21 heavy (non-hydrogen) atoms. The molecule has 0 amide bonds. The summed E-state index contributed by atoms with van der Waals surface area (Å²) in [6.07, 6.45) is -0.208. The number of carbonyl (C=O) groups is 1. The molecule has 0 saturated carbocycles. The monoisotopic (exact) mass is 314 g/mol. The van der Waals surface area contributed by atoms with Gasteiger partial charge in [0.15, 0.2) is 5.78 Å².